The number of rotatable bonds is 8. The molecule has 4 nitrogen and oxygen atoms in total. The Morgan fingerprint density at radius 3 is 2.21 bits per heavy atom. The first-order valence-corrected chi connectivity index (χ1v) is 4.97. The van der Waals surface area contributed by atoms with Gasteiger partial charge in [0.1, 0.15) is 0 Å². The first-order chi connectivity index (χ1) is 6.64. The average Bonchev–Trinajstić information content (AvgIpc) is 2.17. The highest BCUT2D eigenvalue weighted by atomic mass is 16.7. The highest BCUT2D eigenvalue weighted by Gasteiger charge is 2.31. The van der Waals surface area contributed by atoms with Crippen LogP contribution in [0, 0.1) is 0 Å². The van der Waals surface area contributed by atoms with Crippen LogP contribution in [0.2, 0.25) is 0 Å². The summed E-state index contributed by atoms with van der Waals surface area (Å²) >= 11 is 0. The largest absolute Gasteiger partial charge is 0.396 e. The minimum Gasteiger partial charge on any atom is -0.396 e. The maximum absolute atomic E-state index is 8.91. The van der Waals surface area contributed by atoms with Gasteiger partial charge in [0.2, 0.25) is 0 Å². The Hall–Kier alpha value is -0.160. The molecule has 0 amide bonds. The molecule has 0 spiro atoms. The van der Waals surface area contributed by atoms with E-state index in [-0.39, 0.29) is 12.7 Å². The number of hydrogen-bond acceptors (Lipinski definition) is 4. The van der Waals surface area contributed by atoms with Gasteiger partial charge in [-0.2, -0.15) is 0 Å². The van der Waals surface area contributed by atoms with Gasteiger partial charge in [0, 0.05) is 40.3 Å². The summed E-state index contributed by atoms with van der Waals surface area (Å²) in [5, 5.41) is 8.91. The molecule has 4 heteroatoms. The third-order valence-corrected chi connectivity index (χ3v) is 2.29. The van der Waals surface area contributed by atoms with Gasteiger partial charge in [0.05, 0.1) is 6.10 Å². The number of aliphatic hydroxyl groups excluding tert-OH is 1. The molecule has 0 aliphatic rings. The van der Waals surface area contributed by atoms with Crippen LogP contribution in [0.5, 0.6) is 0 Å². The highest BCUT2D eigenvalue weighted by Crippen LogP contribution is 2.23. The van der Waals surface area contributed by atoms with Gasteiger partial charge >= 0.3 is 0 Å². The molecule has 1 N–H and O–H groups in total. The average molecular weight is 206 g/mol. The van der Waals surface area contributed by atoms with Gasteiger partial charge in [-0.25, -0.2) is 0 Å². The van der Waals surface area contributed by atoms with E-state index in [1.165, 1.54) is 0 Å². The Morgan fingerprint density at radius 1 is 1.29 bits per heavy atom. The number of hydrogen-bond donors (Lipinski definition) is 1. The molecular formula is C10H22O4. The molecule has 14 heavy (non-hydrogen) atoms. The topological polar surface area (TPSA) is 47.9 Å². The second-order valence-electron chi connectivity index (χ2n) is 3.26. The lowest BCUT2D eigenvalue weighted by Gasteiger charge is -2.32. The molecule has 86 valence electrons. The zero-order valence-corrected chi connectivity index (χ0v) is 9.58. The summed E-state index contributed by atoms with van der Waals surface area (Å²) in [7, 11) is 3.16. The monoisotopic (exact) mass is 206 g/mol. The van der Waals surface area contributed by atoms with Crippen LogP contribution in [0.4, 0.5) is 0 Å². The Morgan fingerprint density at radius 2 is 1.86 bits per heavy atom. The fourth-order valence-electron chi connectivity index (χ4n) is 1.51. The first kappa shape index (κ1) is 13.8. The minimum absolute atomic E-state index is 0.0422. The Bertz CT molecular complexity index is 134. The van der Waals surface area contributed by atoms with Crippen LogP contribution in [-0.4, -0.2) is 44.4 Å². The summed E-state index contributed by atoms with van der Waals surface area (Å²) in [4.78, 5) is 0. The van der Waals surface area contributed by atoms with Gasteiger partial charge in [0.25, 0.3) is 0 Å². The molecule has 0 aliphatic carbocycles. The second-order valence-corrected chi connectivity index (χ2v) is 3.26. The molecule has 0 bridgehead atoms. The molecule has 0 saturated heterocycles. The Kier molecular flexibility index (Phi) is 7.09. The standard InChI is InChI=1S/C10H22O4/c1-5-14-9(2)8-10(12-3,13-4)6-7-11/h9,11H,5-8H2,1-4H3/t9-/m0/s1. The Balaban J connectivity index is 4.18. The first-order valence-electron chi connectivity index (χ1n) is 4.97. The van der Waals surface area contributed by atoms with Gasteiger partial charge in [-0.15, -0.1) is 0 Å². The molecule has 0 aliphatic heterocycles. The zero-order chi connectivity index (χ0) is 11.0. The van der Waals surface area contributed by atoms with E-state index in [0.29, 0.717) is 19.4 Å². The molecule has 0 radical (unpaired) electrons. The lowest BCUT2D eigenvalue weighted by Crippen LogP contribution is -2.38. The predicted octanol–water partition coefficient (Wildman–Crippen LogP) is 1.17. The van der Waals surface area contributed by atoms with E-state index in [2.05, 4.69) is 0 Å². The third kappa shape index (κ3) is 4.37. The molecule has 0 rings (SSSR count). The van der Waals surface area contributed by atoms with Crippen molar-refractivity contribution in [3.63, 3.8) is 0 Å². The Labute approximate surface area is 86.2 Å². The molecule has 0 aromatic rings. The van der Waals surface area contributed by atoms with E-state index in [4.69, 9.17) is 19.3 Å². The normalized spacial score (nSPS) is 14.4. The van der Waals surface area contributed by atoms with E-state index >= 15 is 0 Å². The van der Waals surface area contributed by atoms with Crippen molar-refractivity contribution in [2.45, 2.75) is 38.6 Å². The van der Waals surface area contributed by atoms with Crippen molar-refractivity contribution in [1.29, 1.82) is 0 Å². The zero-order valence-electron chi connectivity index (χ0n) is 9.58. The van der Waals surface area contributed by atoms with E-state index < -0.39 is 5.79 Å². The van der Waals surface area contributed by atoms with E-state index in [1.807, 2.05) is 13.8 Å². The minimum atomic E-state index is -0.719. The van der Waals surface area contributed by atoms with E-state index in [1.54, 1.807) is 14.2 Å². The molecule has 0 heterocycles. The number of methoxy groups -OCH3 is 2. The maximum Gasteiger partial charge on any atom is 0.172 e. The van der Waals surface area contributed by atoms with Crippen LogP contribution in [0.15, 0.2) is 0 Å². The number of ether oxygens (including phenoxy) is 3. The lowest BCUT2D eigenvalue weighted by molar-refractivity contribution is -0.231. The van der Waals surface area contributed by atoms with E-state index in [0.717, 1.165) is 0 Å². The smallest absolute Gasteiger partial charge is 0.172 e. The van der Waals surface area contributed by atoms with Gasteiger partial charge < -0.3 is 19.3 Å². The second kappa shape index (κ2) is 7.17. The summed E-state index contributed by atoms with van der Waals surface area (Å²) in [6, 6.07) is 0. The maximum atomic E-state index is 8.91. The summed E-state index contributed by atoms with van der Waals surface area (Å²) in [6.45, 7) is 4.63. The molecule has 0 saturated carbocycles. The fourth-order valence-corrected chi connectivity index (χ4v) is 1.51. The highest BCUT2D eigenvalue weighted by molar-refractivity contribution is 4.72. The lowest BCUT2D eigenvalue weighted by atomic mass is 10.1. The summed E-state index contributed by atoms with van der Waals surface area (Å²) in [5.74, 6) is -0.719. The van der Waals surface area contributed by atoms with Gasteiger partial charge in [-0.05, 0) is 13.8 Å². The van der Waals surface area contributed by atoms with Crippen molar-refractivity contribution < 1.29 is 19.3 Å². The number of aliphatic hydroxyl groups is 1. The van der Waals surface area contributed by atoms with Crippen molar-refractivity contribution >= 4 is 0 Å². The predicted molar refractivity (Wildman–Crippen MR) is 54.2 cm³/mol. The summed E-state index contributed by atoms with van der Waals surface area (Å²) in [6.07, 6.45) is 1.14. The van der Waals surface area contributed by atoms with Crippen molar-refractivity contribution in [3.8, 4) is 0 Å². The van der Waals surface area contributed by atoms with Crippen LogP contribution in [-0.2, 0) is 14.2 Å². The van der Waals surface area contributed by atoms with Crippen LogP contribution in [0.25, 0.3) is 0 Å². The van der Waals surface area contributed by atoms with Crippen molar-refractivity contribution in [3.05, 3.63) is 0 Å². The van der Waals surface area contributed by atoms with Gasteiger partial charge in [-0.3, -0.25) is 0 Å². The SMILES string of the molecule is CCO[C@@H](C)CC(CCO)(OC)OC. The molecule has 0 fully saturated rings. The molecule has 0 unspecified atom stereocenters. The van der Waals surface area contributed by atoms with Crippen LogP contribution in [0.3, 0.4) is 0 Å². The van der Waals surface area contributed by atoms with Crippen LogP contribution in [0.1, 0.15) is 26.7 Å². The van der Waals surface area contributed by atoms with Crippen LogP contribution >= 0.6 is 0 Å². The fraction of sp³-hybridized carbons (Fsp3) is 1.00. The van der Waals surface area contributed by atoms with Crippen molar-refractivity contribution in [1.82, 2.24) is 0 Å². The summed E-state index contributed by atoms with van der Waals surface area (Å²) < 4.78 is 16.0. The molecular weight excluding hydrogens is 184 g/mol. The molecule has 0 aromatic carbocycles. The van der Waals surface area contributed by atoms with E-state index in [9.17, 15) is 0 Å². The van der Waals surface area contributed by atoms with Crippen molar-refractivity contribution in [2.24, 2.45) is 0 Å². The molecule has 1 atom stereocenters. The molecule has 0 aromatic heterocycles. The van der Waals surface area contributed by atoms with Crippen molar-refractivity contribution in [2.75, 3.05) is 27.4 Å². The van der Waals surface area contributed by atoms with Gasteiger partial charge in [-0.1, -0.05) is 0 Å². The van der Waals surface area contributed by atoms with Gasteiger partial charge in [0.15, 0.2) is 5.79 Å². The third-order valence-electron chi connectivity index (χ3n) is 2.29. The summed E-state index contributed by atoms with van der Waals surface area (Å²) in [5.41, 5.74) is 0. The quantitative estimate of drug-likeness (QED) is 0.606. The van der Waals surface area contributed by atoms with Crippen LogP contribution < -0.4 is 0 Å².